The van der Waals surface area contributed by atoms with Gasteiger partial charge in [0.25, 0.3) is 0 Å². The molecule has 0 radical (unpaired) electrons. The maximum atomic E-state index is 11.6. The van der Waals surface area contributed by atoms with Crippen molar-refractivity contribution in [1.29, 1.82) is 0 Å². The molecule has 19 heavy (non-hydrogen) atoms. The molecule has 2 rings (SSSR count). The lowest BCUT2D eigenvalue weighted by Gasteiger charge is -2.19. The fourth-order valence-electron chi connectivity index (χ4n) is 1.62. The third-order valence-electron chi connectivity index (χ3n) is 2.35. The fraction of sp³-hybridized carbons (Fsp3) is 0.308. The van der Waals surface area contributed by atoms with Gasteiger partial charge in [0.15, 0.2) is 6.29 Å². The quantitative estimate of drug-likeness (QED) is 0.814. The first-order valence-corrected chi connectivity index (χ1v) is 5.82. The highest BCUT2D eigenvalue weighted by Gasteiger charge is 2.16. The molecule has 0 bridgehead atoms. The van der Waals surface area contributed by atoms with Crippen LogP contribution in [0.25, 0.3) is 10.9 Å². The molecule has 0 saturated carbocycles. The summed E-state index contributed by atoms with van der Waals surface area (Å²) in [5.74, 6) is 0. The van der Waals surface area contributed by atoms with Crippen LogP contribution in [-0.4, -0.2) is 28.2 Å². The number of aldehydes is 1. The van der Waals surface area contributed by atoms with Gasteiger partial charge in [0, 0.05) is 11.1 Å². The summed E-state index contributed by atoms with van der Waals surface area (Å²) in [4.78, 5) is 22.5. The van der Waals surface area contributed by atoms with E-state index in [0.29, 0.717) is 28.6 Å². The SMILES string of the molecule is CC(C)(C)OC(=O)Nc1ccc2n[nH]c(C=O)c2c1. The lowest BCUT2D eigenvalue weighted by atomic mass is 10.2. The van der Waals surface area contributed by atoms with Crippen molar-refractivity contribution in [2.24, 2.45) is 0 Å². The first-order valence-electron chi connectivity index (χ1n) is 5.82. The molecular weight excluding hydrogens is 246 g/mol. The van der Waals surface area contributed by atoms with E-state index in [2.05, 4.69) is 15.5 Å². The number of aromatic nitrogens is 2. The Morgan fingerprint density at radius 1 is 1.42 bits per heavy atom. The number of benzene rings is 1. The minimum absolute atomic E-state index is 0.378. The van der Waals surface area contributed by atoms with Gasteiger partial charge in [-0.2, -0.15) is 5.10 Å². The van der Waals surface area contributed by atoms with Gasteiger partial charge < -0.3 is 4.74 Å². The molecule has 0 atom stereocenters. The van der Waals surface area contributed by atoms with E-state index >= 15 is 0 Å². The topological polar surface area (TPSA) is 84.1 Å². The second-order valence-corrected chi connectivity index (χ2v) is 5.11. The minimum atomic E-state index is -0.558. The van der Waals surface area contributed by atoms with Crippen molar-refractivity contribution in [3.63, 3.8) is 0 Å². The van der Waals surface area contributed by atoms with Gasteiger partial charge >= 0.3 is 6.09 Å². The summed E-state index contributed by atoms with van der Waals surface area (Å²) in [5.41, 5.74) is 1.03. The number of rotatable bonds is 2. The molecule has 0 aliphatic rings. The Balaban J connectivity index is 2.21. The molecule has 0 aliphatic heterocycles. The number of H-pyrrole nitrogens is 1. The predicted molar refractivity (Wildman–Crippen MR) is 71.3 cm³/mol. The summed E-state index contributed by atoms with van der Waals surface area (Å²) >= 11 is 0. The largest absolute Gasteiger partial charge is 0.444 e. The Labute approximate surface area is 110 Å². The van der Waals surface area contributed by atoms with Crippen LogP contribution in [0, 0.1) is 0 Å². The highest BCUT2D eigenvalue weighted by atomic mass is 16.6. The predicted octanol–water partition coefficient (Wildman–Crippen LogP) is 2.72. The monoisotopic (exact) mass is 261 g/mol. The number of fused-ring (bicyclic) bond motifs is 1. The Kier molecular flexibility index (Phi) is 3.25. The number of carbonyl (C=O) groups is 2. The smallest absolute Gasteiger partial charge is 0.412 e. The number of hydrogen-bond acceptors (Lipinski definition) is 4. The van der Waals surface area contributed by atoms with E-state index in [1.807, 2.05) is 0 Å². The fourth-order valence-corrected chi connectivity index (χ4v) is 1.62. The Bertz CT molecular complexity index is 626. The van der Waals surface area contributed by atoms with Crippen molar-refractivity contribution in [3.05, 3.63) is 23.9 Å². The number of ether oxygens (including phenoxy) is 1. The van der Waals surface area contributed by atoms with Crippen molar-refractivity contribution >= 4 is 29.0 Å². The zero-order valence-corrected chi connectivity index (χ0v) is 11.0. The van der Waals surface area contributed by atoms with Gasteiger partial charge in [0.05, 0.1) is 5.52 Å². The lowest BCUT2D eigenvalue weighted by Crippen LogP contribution is -2.27. The summed E-state index contributed by atoms with van der Waals surface area (Å²) in [6.45, 7) is 5.36. The lowest BCUT2D eigenvalue weighted by molar-refractivity contribution is 0.0636. The number of anilines is 1. The number of nitrogens with zero attached hydrogens (tertiary/aromatic N) is 1. The Morgan fingerprint density at radius 2 is 2.16 bits per heavy atom. The second-order valence-electron chi connectivity index (χ2n) is 5.11. The molecule has 2 aromatic rings. The maximum Gasteiger partial charge on any atom is 0.412 e. The van der Waals surface area contributed by atoms with E-state index < -0.39 is 11.7 Å². The van der Waals surface area contributed by atoms with Gasteiger partial charge in [0.2, 0.25) is 0 Å². The standard InChI is InChI=1S/C13H15N3O3/c1-13(2,3)19-12(18)14-8-4-5-10-9(6-8)11(7-17)16-15-10/h4-7H,1-3H3,(H,14,18)(H,15,16). The summed E-state index contributed by atoms with van der Waals surface area (Å²) < 4.78 is 5.15. The van der Waals surface area contributed by atoms with Gasteiger partial charge in [-0.05, 0) is 39.0 Å². The summed E-state index contributed by atoms with van der Waals surface area (Å²) in [7, 11) is 0. The van der Waals surface area contributed by atoms with Crippen molar-refractivity contribution < 1.29 is 14.3 Å². The van der Waals surface area contributed by atoms with Crippen LogP contribution in [0.4, 0.5) is 10.5 Å². The normalized spacial score (nSPS) is 11.3. The van der Waals surface area contributed by atoms with Gasteiger partial charge in [-0.25, -0.2) is 4.79 Å². The van der Waals surface area contributed by atoms with Crippen LogP contribution in [0.2, 0.25) is 0 Å². The van der Waals surface area contributed by atoms with Crippen LogP contribution < -0.4 is 5.32 Å². The molecule has 1 aromatic carbocycles. The number of nitrogens with one attached hydrogen (secondary N) is 2. The summed E-state index contributed by atoms with van der Waals surface area (Å²) in [6.07, 6.45) is 0.148. The molecule has 0 saturated heterocycles. The van der Waals surface area contributed by atoms with Gasteiger partial charge in [-0.15, -0.1) is 0 Å². The zero-order chi connectivity index (χ0) is 14.0. The van der Waals surface area contributed by atoms with Crippen molar-refractivity contribution in [3.8, 4) is 0 Å². The first kappa shape index (κ1) is 13.1. The van der Waals surface area contributed by atoms with Crippen LogP contribution in [0.3, 0.4) is 0 Å². The van der Waals surface area contributed by atoms with Crippen molar-refractivity contribution in [1.82, 2.24) is 10.2 Å². The molecule has 1 heterocycles. The van der Waals surface area contributed by atoms with E-state index in [0.717, 1.165) is 0 Å². The number of carbonyl (C=O) groups excluding carboxylic acids is 2. The average molecular weight is 261 g/mol. The molecular formula is C13H15N3O3. The molecule has 6 heteroatoms. The van der Waals surface area contributed by atoms with E-state index in [1.54, 1.807) is 39.0 Å². The van der Waals surface area contributed by atoms with E-state index in [9.17, 15) is 9.59 Å². The van der Waals surface area contributed by atoms with Gasteiger partial charge in [0.1, 0.15) is 11.3 Å². The van der Waals surface area contributed by atoms with Crippen LogP contribution >= 0.6 is 0 Å². The molecule has 0 aliphatic carbocycles. The third-order valence-corrected chi connectivity index (χ3v) is 2.35. The molecule has 1 aromatic heterocycles. The van der Waals surface area contributed by atoms with Gasteiger partial charge in [-0.1, -0.05) is 0 Å². The Hall–Kier alpha value is -2.37. The van der Waals surface area contributed by atoms with Gasteiger partial charge in [-0.3, -0.25) is 15.2 Å². The van der Waals surface area contributed by atoms with E-state index in [-0.39, 0.29) is 0 Å². The summed E-state index contributed by atoms with van der Waals surface area (Å²) in [6, 6.07) is 5.08. The molecule has 1 amide bonds. The first-order chi connectivity index (χ1) is 8.89. The Morgan fingerprint density at radius 3 is 2.79 bits per heavy atom. The number of amides is 1. The van der Waals surface area contributed by atoms with Crippen LogP contribution in [-0.2, 0) is 4.74 Å². The van der Waals surface area contributed by atoms with Crippen LogP contribution in [0.5, 0.6) is 0 Å². The molecule has 100 valence electrons. The third kappa shape index (κ3) is 3.09. The molecule has 0 spiro atoms. The van der Waals surface area contributed by atoms with Crippen molar-refractivity contribution in [2.45, 2.75) is 26.4 Å². The maximum absolute atomic E-state index is 11.6. The van der Waals surface area contributed by atoms with E-state index in [1.165, 1.54) is 0 Å². The van der Waals surface area contributed by atoms with Crippen LogP contribution in [0.1, 0.15) is 31.3 Å². The second kappa shape index (κ2) is 4.72. The zero-order valence-electron chi connectivity index (χ0n) is 11.0. The number of hydrogen-bond donors (Lipinski definition) is 2. The molecule has 0 unspecified atom stereocenters. The molecule has 2 N–H and O–H groups in total. The minimum Gasteiger partial charge on any atom is -0.444 e. The molecule has 0 fully saturated rings. The highest BCUT2D eigenvalue weighted by molar-refractivity contribution is 5.98. The average Bonchev–Trinajstić information content (AvgIpc) is 2.68. The summed E-state index contributed by atoms with van der Waals surface area (Å²) in [5, 5.41) is 9.86. The number of aromatic amines is 1. The van der Waals surface area contributed by atoms with E-state index in [4.69, 9.17) is 4.74 Å². The molecule has 6 nitrogen and oxygen atoms in total. The van der Waals surface area contributed by atoms with Crippen molar-refractivity contribution in [2.75, 3.05) is 5.32 Å². The highest BCUT2D eigenvalue weighted by Crippen LogP contribution is 2.20. The van der Waals surface area contributed by atoms with Crippen LogP contribution in [0.15, 0.2) is 18.2 Å².